The molecule has 0 saturated carbocycles. The molecular weight excluding hydrogens is 462 g/mol. The number of carbonyl (C=O) groups excluding carboxylic acids is 1. The van der Waals surface area contributed by atoms with E-state index in [1.807, 2.05) is 47.8 Å². The lowest BCUT2D eigenvalue weighted by atomic mass is 10.1. The van der Waals surface area contributed by atoms with Crippen LogP contribution in [-0.4, -0.2) is 34.8 Å². The molecular formula is C26H21N5O3S. The van der Waals surface area contributed by atoms with Crippen molar-refractivity contribution in [2.24, 2.45) is 10.1 Å². The molecule has 1 aliphatic rings. The molecule has 1 aliphatic heterocycles. The van der Waals surface area contributed by atoms with E-state index in [9.17, 15) is 14.9 Å². The molecule has 0 atom stereocenters. The van der Waals surface area contributed by atoms with E-state index in [2.05, 4.69) is 12.1 Å². The zero-order chi connectivity index (χ0) is 24.4. The molecule has 8 nitrogen and oxygen atoms in total. The summed E-state index contributed by atoms with van der Waals surface area (Å²) >= 11 is 1.41. The van der Waals surface area contributed by atoms with Gasteiger partial charge in [-0.3, -0.25) is 19.9 Å². The Kier molecular flexibility index (Phi) is 6.07. The van der Waals surface area contributed by atoms with Gasteiger partial charge in [-0.15, -0.1) is 11.3 Å². The van der Waals surface area contributed by atoms with Crippen LogP contribution in [0.2, 0.25) is 0 Å². The second kappa shape index (κ2) is 9.47. The zero-order valence-electron chi connectivity index (χ0n) is 18.9. The molecule has 1 aromatic heterocycles. The third kappa shape index (κ3) is 4.41. The summed E-state index contributed by atoms with van der Waals surface area (Å²) in [6.07, 6.45) is 0.771. The van der Waals surface area contributed by atoms with Crippen molar-refractivity contribution in [3.8, 4) is 11.3 Å². The Morgan fingerprint density at radius 1 is 0.971 bits per heavy atom. The second-order valence-corrected chi connectivity index (χ2v) is 8.80. The molecule has 174 valence electrons. The first-order chi connectivity index (χ1) is 17.0. The molecule has 0 unspecified atom stereocenters. The number of aromatic nitrogens is 1. The van der Waals surface area contributed by atoms with Crippen LogP contribution >= 0.6 is 11.3 Å². The summed E-state index contributed by atoms with van der Waals surface area (Å²) in [5.74, 6) is -0.199. The first-order valence-corrected chi connectivity index (χ1v) is 11.9. The molecule has 35 heavy (non-hydrogen) atoms. The minimum atomic E-state index is -0.431. The van der Waals surface area contributed by atoms with Crippen molar-refractivity contribution < 1.29 is 9.72 Å². The number of likely N-dealkylation sites (N-methyl/N-ethyl adjacent to an activating group) is 1. The quantitative estimate of drug-likeness (QED) is 0.299. The van der Waals surface area contributed by atoms with Crippen LogP contribution in [0.5, 0.6) is 0 Å². The number of carbonyl (C=O) groups is 1. The fourth-order valence-corrected chi connectivity index (χ4v) is 4.79. The zero-order valence-corrected chi connectivity index (χ0v) is 19.7. The van der Waals surface area contributed by atoms with E-state index in [-0.39, 0.29) is 11.6 Å². The van der Waals surface area contributed by atoms with E-state index in [1.54, 1.807) is 28.8 Å². The molecule has 3 aromatic carbocycles. The molecule has 2 heterocycles. The Morgan fingerprint density at radius 3 is 2.43 bits per heavy atom. The number of thiazole rings is 1. The highest BCUT2D eigenvalue weighted by atomic mass is 32.1. The molecule has 0 spiro atoms. The summed E-state index contributed by atoms with van der Waals surface area (Å²) in [6.45, 7) is 0.555. The number of nitrogens with zero attached hydrogens (tertiary/aromatic N) is 5. The number of benzene rings is 3. The molecule has 0 bridgehead atoms. The third-order valence-corrected chi connectivity index (χ3v) is 6.63. The minimum absolute atomic E-state index is 0.0103. The van der Waals surface area contributed by atoms with Gasteiger partial charge in [0.2, 0.25) is 4.80 Å². The summed E-state index contributed by atoms with van der Waals surface area (Å²) < 4.78 is 1.67. The van der Waals surface area contributed by atoms with Crippen LogP contribution in [-0.2, 0) is 11.2 Å². The average Bonchev–Trinajstić information content (AvgIpc) is 3.39. The Labute approximate surface area is 205 Å². The standard InChI is InChI=1S/C26H21N5O3S/c1-29-22-10-6-5-9-21(22)24(25(29)32)28-30-23(19-11-13-20(14-12-19)31(33)34)17-35-26(30)27-16-15-18-7-3-2-4-8-18/h2-14,17H,15-16H2,1H3. The second-order valence-electron chi connectivity index (χ2n) is 7.97. The molecule has 0 radical (unpaired) electrons. The Bertz CT molecular complexity index is 1500. The topological polar surface area (TPSA) is 93.1 Å². The molecule has 0 fully saturated rings. The van der Waals surface area contributed by atoms with Crippen molar-refractivity contribution in [2.45, 2.75) is 6.42 Å². The van der Waals surface area contributed by atoms with E-state index in [0.717, 1.165) is 23.2 Å². The van der Waals surface area contributed by atoms with Gasteiger partial charge in [0.15, 0.2) is 5.71 Å². The first kappa shape index (κ1) is 22.4. The van der Waals surface area contributed by atoms with Gasteiger partial charge in [0.1, 0.15) is 0 Å². The van der Waals surface area contributed by atoms with Gasteiger partial charge in [-0.25, -0.2) is 4.68 Å². The van der Waals surface area contributed by atoms with Gasteiger partial charge >= 0.3 is 0 Å². The number of fused-ring (bicyclic) bond motifs is 1. The predicted octanol–water partition coefficient (Wildman–Crippen LogP) is 4.50. The highest BCUT2D eigenvalue weighted by Crippen LogP contribution is 2.29. The lowest BCUT2D eigenvalue weighted by Gasteiger charge is -2.08. The Balaban J connectivity index is 1.60. The van der Waals surface area contributed by atoms with Crippen LogP contribution in [0.25, 0.3) is 11.3 Å². The average molecular weight is 484 g/mol. The lowest BCUT2D eigenvalue weighted by molar-refractivity contribution is -0.384. The maximum Gasteiger partial charge on any atom is 0.279 e. The summed E-state index contributed by atoms with van der Waals surface area (Å²) in [5, 5.41) is 17.8. The molecule has 0 N–H and O–H groups in total. The van der Waals surface area contributed by atoms with E-state index in [1.165, 1.54) is 29.0 Å². The van der Waals surface area contributed by atoms with Gasteiger partial charge in [-0.05, 0) is 30.2 Å². The fourth-order valence-electron chi connectivity index (χ4n) is 3.93. The van der Waals surface area contributed by atoms with Crippen LogP contribution in [0.3, 0.4) is 0 Å². The van der Waals surface area contributed by atoms with Crippen molar-refractivity contribution in [3.63, 3.8) is 0 Å². The molecule has 0 aliphatic carbocycles. The van der Waals surface area contributed by atoms with Gasteiger partial charge in [-0.1, -0.05) is 48.5 Å². The highest BCUT2D eigenvalue weighted by Gasteiger charge is 2.31. The van der Waals surface area contributed by atoms with Crippen LogP contribution in [0.1, 0.15) is 11.1 Å². The smallest absolute Gasteiger partial charge is 0.279 e. The molecule has 5 rings (SSSR count). The normalized spacial score (nSPS) is 14.5. The Morgan fingerprint density at radius 2 is 1.69 bits per heavy atom. The highest BCUT2D eigenvalue weighted by molar-refractivity contribution is 7.07. The van der Waals surface area contributed by atoms with Crippen molar-refractivity contribution >= 4 is 34.3 Å². The number of anilines is 1. The van der Waals surface area contributed by atoms with Gasteiger partial charge in [0.25, 0.3) is 11.6 Å². The minimum Gasteiger partial charge on any atom is -0.309 e. The first-order valence-electron chi connectivity index (χ1n) is 11.0. The number of amides is 1. The van der Waals surface area contributed by atoms with Gasteiger partial charge in [0, 0.05) is 42.2 Å². The number of nitro groups is 1. The molecule has 4 aromatic rings. The SMILES string of the molecule is CN1C(=O)C(=Nn2c(-c3ccc([N+](=O)[O-])cc3)csc2=NCCc2ccccc2)c2ccccc21. The van der Waals surface area contributed by atoms with Crippen molar-refractivity contribution in [1.82, 2.24) is 4.68 Å². The molecule has 0 saturated heterocycles. The van der Waals surface area contributed by atoms with E-state index in [0.29, 0.717) is 22.8 Å². The lowest BCUT2D eigenvalue weighted by Crippen LogP contribution is -2.27. The van der Waals surface area contributed by atoms with Gasteiger partial charge in [-0.2, -0.15) is 5.10 Å². The van der Waals surface area contributed by atoms with Crippen LogP contribution in [0.4, 0.5) is 11.4 Å². The summed E-state index contributed by atoms with van der Waals surface area (Å²) in [6, 6.07) is 23.9. The van der Waals surface area contributed by atoms with Crippen LogP contribution < -0.4 is 9.70 Å². The molecule has 1 amide bonds. The van der Waals surface area contributed by atoms with Crippen LogP contribution in [0, 0.1) is 10.1 Å². The van der Waals surface area contributed by atoms with Gasteiger partial charge in [0.05, 0.1) is 16.3 Å². The summed E-state index contributed by atoms with van der Waals surface area (Å²) in [5.41, 5.74) is 4.52. The third-order valence-electron chi connectivity index (χ3n) is 5.78. The monoisotopic (exact) mass is 483 g/mol. The number of non-ortho nitro benzene ring substituents is 1. The summed E-state index contributed by atoms with van der Waals surface area (Å²) in [7, 11) is 1.73. The van der Waals surface area contributed by atoms with E-state index >= 15 is 0 Å². The number of hydrogen-bond donors (Lipinski definition) is 0. The van der Waals surface area contributed by atoms with Crippen molar-refractivity contribution in [3.05, 3.63) is 110 Å². The largest absolute Gasteiger partial charge is 0.309 e. The maximum absolute atomic E-state index is 13.0. The Hall–Kier alpha value is -4.37. The fraction of sp³-hybridized carbons (Fsp3) is 0.115. The maximum atomic E-state index is 13.0. The number of nitro benzene ring substituents is 1. The number of rotatable bonds is 6. The van der Waals surface area contributed by atoms with Gasteiger partial charge < -0.3 is 4.90 Å². The van der Waals surface area contributed by atoms with Crippen molar-refractivity contribution in [2.75, 3.05) is 18.5 Å². The van der Waals surface area contributed by atoms with E-state index < -0.39 is 4.92 Å². The summed E-state index contributed by atoms with van der Waals surface area (Å²) in [4.78, 5) is 30.7. The van der Waals surface area contributed by atoms with Crippen molar-refractivity contribution in [1.29, 1.82) is 0 Å². The van der Waals surface area contributed by atoms with E-state index in [4.69, 9.17) is 10.1 Å². The number of hydrogen-bond acceptors (Lipinski definition) is 6. The van der Waals surface area contributed by atoms with Crippen LogP contribution in [0.15, 0.2) is 94.3 Å². The predicted molar refractivity (Wildman–Crippen MR) is 137 cm³/mol. The molecule has 9 heteroatoms. The number of para-hydroxylation sites is 1.